The number of hydrogen-bond acceptors (Lipinski definition) is 5. The summed E-state index contributed by atoms with van der Waals surface area (Å²) in [5, 5.41) is 16.6. The summed E-state index contributed by atoms with van der Waals surface area (Å²) < 4.78 is 1.70. The van der Waals surface area contributed by atoms with Gasteiger partial charge in [0.05, 0.1) is 24.5 Å². The summed E-state index contributed by atoms with van der Waals surface area (Å²) in [6.07, 6.45) is 9.16. The lowest BCUT2D eigenvalue weighted by atomic mass is 9.75. The molecular weight excluding hydrogens is 270 g/mol. The lowest BCUT2D eigenvalue weighted by Crippen LogP contribution is -2.41. The number of aromatic nitrogens is 4. The molecule has 2 aromatic heterocycles. The van der Waals surface area contributed by atoms with Gasteiger partial charge in [-0.25, -0.2) is 4.98 Å². The minimum atomic E-state index is -0.275. The third-order valence-corrected chi connectivity index (χ3v) is 3.79. The maximum atomic E-state index is 12.3. The van der Waals surface area contributed by atoms with Crippen LogP contribution in [-0.4, -0.2) is 36.9 Å². The zero-order valence-electron chi connectivity index (χ0n) is 11.7. The third kappa shape index (κ3) is 2.92. The number of rotatable bonds is 4. The lowest BCUT2D eigenvalue weighted by Gasteiger charge is -2.37. The van der Waals surface area contributed by atoms with Crippen LogP contribution in [0, 0.1) is 5.92 Å². The summed E-state index contributed by atoms with van der Waals surface area (Å²) >= 11 is 0. The summed E-state index contributed by atoms with van der Waals surface area (Å²) in [5.74, 6) is -0.0526. The maximum Gasteiger partial charge on any atom is 0.271 e. The first-order chi connectivity index (χ1) is 10.1. The van der Waals surface area contributed by atoms with Crippen LogP contribution in [0.1, 0.15) is 34.9 Å². The van der Waals surface area contributed by atoms with Crippen LogP contribution < -0.4 is 5.32 Å². The van der Waals surface area contributed by atoms with Crippen LogP contribution in [0.2, 0.25) is 0 Å². The molecule has 1 amide bonds. The standard InChI is InChI=1S/C14H17N5O2/c1-19-8-10(6-17-19)13(9-4-11(20)5-9)18-14(21)12-7-15-2-3-16-12/h2-3,6-9,11,13,20H,4-5H2,1H3,(H,18,21)/t9?,11?,13-/m1/s1. The average molecular weight is 287 g/mol. The van der Waals surface area contributed by atoms with Crippen LogP contribution in [0.15, 0.2) is 31.0 Å². The number of aliphatic hydroxyl groups excluding tert-OH is 1. The van der Waals surface area contributed by atoms with Gasteiger partial charge in [-0.15, -0.1) is 0 Å². The Morgan fingerprint density at radius 3 is 2.81 bits per heavy atom. The van der Waals surface area contributed by atoms with Crippen molar-refractivity contribution in [2.24, 2.45) is 13.0 Å². The molecule has 0 spiro atoms. The highest BCUT2D eigenvalue weighted by Crippen LogP contribution is 2.38. The molecule has 1 fully saturated rings. The minimum absolute atomic E-state index is 0.170. The quantitative estimate of drug-likeness (QED) is 0.851. The molecular formula is C14H17N5O2. The van der Waals surface area contributed by atoms with E-state index in [4.69, 9.17) is 0 Å². The van der Waals surface area contributed by atoms with Crippen LogP contribution in [0.4, 0.5) is 0 Å². The highest BCUT2D eigenvalue weighted by molar-refractivity contribution is 5.92. The van der Waals surface area contributed by atoms with Gasteiger partial charge in [-0.1, -0.05) is 0 Å². The topological polar surface area (TPSA) is 92.9 Å². The van der Waals surface area contributed by atoms with Crippen LogP contribution in [0.5, 0.6) is 0 Å². The van der Waals surface area contributed by atoms with Gasteiger partial charge in [-0.3, -0.25) is 14.5 Å². The highest BCUT2D eigenvalue weighted by Gasteiger charge is 2.36. The van der Waals surface area contributed by atoms with Crippen molar-refractivity contribution in [3.05, 3.63) is 42.2 Å². The molecule has 1 saturated carbocycles. The Morgan fingerprint density at radius 2 is 2.24 bits per heavy atom. The summed E-state index contributed by atoms with van der Waals surface area (Å²) in [7, 11) is 1.83. The van der Waals surface area contributed by atoms with Crippen molar-refractivity contribution in [1.29, 1.82) is 0 Å². The minimum Gasteiger partial charge on any atom is -0.393 e. The fourth-order valence-corrected chi connectivity index (χ4v) is 2.61. The van der Waals surface area contributed by atoms with Crippen molar-refractivity contribution < 1.29 is 9.90 Å². The molecule has 0 bridgehead atoms. The fraction of sp³-hybridized carbons (Fsp3) is 0.429. The van der Waals surface area contributed by atoms with E-state index in [1.165, 1.54) is 18.6 Å². The van der Waals surface area contributed by atoms with E-state index >= 15 is 0 Å². The van der Waals surface area contributed by atoms with Gasteiger partial charge in [-0.2, -0.15) is 5.10 Å². The molecule has 0 unspecified atom stereocenters. The Hall–Kier alpha value is -2.28. The molecule has 0 aromatic carbocycles. The van der Waals surface area contributed by atoms with Gasteiger partial charge in [0.15, 0.2) is 0 Å². The zero-order chi connectivity index (χ0) is 14.8. The molecule has 1 atom stereocenters. The van der Waals surface area contributed by atoms with E-state index in [0.29, 0.717) is 12.8 Å². The average Bonchev–Trinajstić information content (AvgIpc) is 2.89. The molecule has 2 N–H and O–H groups in total. The fourth-order valence-electron chi connectivity index (χ4n) is 2.61. The molecule has 3 rings (SSSR count). The second-order valence-corrected chi connectivity index (χ2v) is 5.37. The number of carbonyl (C=O) groups excluding carboxylic acids is 1. The molecule has 2 heterocycles. The molecule has 0 saturated heterocycles. The largest absolute Gasteiger partial charge is 0.393 e. The predicted molar refractivity (Wildman–Crippen MR) is 74.2 cm³/mol. The highest BCUT2D eigenvalue weighted by atomic mass is 16.3. The van der Waals surface area contributed by atoms with Crippen LogP contribution in [0.25, 0.3) is 0 Å². The number of nitrogens with zero attached hydrogens (tertiary/aromatic N) is 4. The maximum absolute atomic E-state index is 12.3. The molecule has 7 heteroatoms. The van der Waals surface area contributed by atoms with E-state index in [0.717, 1.165) is 5.56 Å². The first-order valence-electron chi connectivity index (χ1n) is 6.87. The van der Waals surface area contributed by atoms with E-state index in [1.54, 1.807) is 10.9 Å². The van der Waals surface area contributed by atoms with Gasteiger partial charge in [0.1, 0.15) is 5.69 Å². The molecule has 1 aliphatic rings. The van der Waals surface area contributed by atoms with Crippen molar-refractivity contribution in [3.63, 3.8) is 0 Å². The zero-order valence-corrected chi connectivity index (χ0v) is 11.7. The van der Waals surface area contributed by atoms with E-state index < -0.39 is 0 Å². The van der Waals surface area contributed by atoms with Crippen LogP contribution in [0.3, 0.4) is 0 Å². The molecule has 2 aromatic rings. The predicted octanol–water partition coefficient (Wildman–Crippen LogP) is 0.452. The molecule has 7 nitrogen and oxygen atoms in total. The van der Waals surface area contributed by atoms with Gasteiger partial charge in [0.25, 0.3) is 5.91 Å². The smallest absolute Gasteiger partial charge is 0.271 e. The Labute approximate surface area is 122 Å². The van der Waals surface area contributed by atoms with Gasteiger partial charge < -0.3 is 10.4 Å². The summed E-state index contributed by atoms with van der Waals surface area (Å²) in [4.78, 5) is 20.2. The lowest BCUT2D eigenvalue weighted by molar-refractivity contribution is 0.0234. The van der Waals surface area contributed by atoms with Crippen molar-refractivity contribution >= 4 is 5.91 Å². The van der Waals surface area contributed by atoms with Crippen LogP contribution >= 0.6 is 0 Å². The molecule has 21 heavy (non-hydrogen) atoms. The summed E-state index contributed by atoms with van der Waals surface area (Å²) in [6.45, 7) is 0. The van der Waals surface area contributed by atoms with E-state index in [2.05, 4.69) is 20.4 Å². The van der Waals surface area contributed by atoms with E-state index in [1.807, 2.05) is 13.2 Å². The summed E-state index contributed by atoms with van der Waals surface area (Å²) in [6, 6.07) is -0.170. The van der Waals surface area contributed by atoms with E-state index in [-0.39, 0.29) is 29.7 Å². The summed E-state index contributed by atoms with van der Waals surface area (Å²) in [5.41, 5.74) is 1.22. The molecule has 0 radical (unpaired) electrons. The van der Waals surface area contributed by atoms with E-state index in [9.17, 15) is 9.90 Å². The Balaban J connectivity index is 1.78. The number of amides is 1. The second-order valence-electron chi connectivity index (χ2n) is 5.37. The third-order valence-electron chi connectivity index (χ3n) is 3.79. The number of aliphatic hydroxyl groups is 1. The van der Waals surface area contributed by atoms with Crippen molar-refractivity contribution in [3.8, 4) is 0 Å². The molecule has 0 aliphatic heterocycles. The number of nitrogens with one attached hydrogen (secondary N) is 1. The molecule has 1 aliphatic carbocycles. The first kappa shape index (κ1) is 13.7. The SMILES string of the molecule is Cn1cc([C@H](NC(=O)c2cnccn2)C2CC(O)C2)cn1. The van der Waals surface area contributed by atoms with Crippen molar-refractivity contribution in [2.45, 2.75) is 25.0 Å². The van der Waals surface area contributed by atoms with Gasteiger partial charge in [0.2, 0.25) is 0 Å². The molecule has 110 valence electrons. The number of aryl methyl sites for hydroxylation is 1. The second kappa shape index (κ2) is 5.61. The normalized spacial score (nSPS) is 22.4. The Bertz CT molecular complexity index is 621. The van der Waals surface area contributed by atoms with Gasteiger partial charge in [0, 0.05) is 31.2 Å². The number of carbonyl (C=O) groups is 1. The first-order valence-corrected chi connectivity index (χ1v) is 6.87. The Morgan fingerprint density at radius 1 is 1.43 bits per heavy atom. The van der Waals surface area contributed by atoms with Crippen molar-refractivity contribution in [2.75, 3.05) is 0 Å². The van der Waals surface area contributed by atoms with Crippen molar-refractivity contribution in [1.82, 2.24) is 25.1 Å². The number of hydrogen-bond donors (Lipinski definition) is 2. The Kier molecular flexibility index (Phi) is 3.66. The van der Waals surface area contributed by atoms with Crippen LogP contribution in [-0.2, 0) is 7.05 Å². The van der Waals surface area contributed by atoms with Gasteiger partial charge in [-0.05, 0) is 18.8 Å². The van der Waals surface area contributed by atoms with Gasteiger partial charge >= 0.3 is 0 Å². The monoisotopic (exact) mass is 287 g/mol.